The molecule has 2 bridgehead atoms. The molecule has 0 saturated heterocycles. The summed E-state index contributed by atoms with van der Waals surface area (Å²) in [5.74, 6) is 0.376. The van der Waals surface area contributed by atoms with E-state index in [1.807, 2.05) is 13.8 Å². The second-order valence-electron chi connectivity index (χ2n) is 6.90. The molecule has 5 nitrogen and oxygen atoms in total. The lowest BCUT2D eigenvalue weighted by Gasteiger charge is -2.36. The minimum absolute atomic E-state index is 0.0869. The highest BCUT2D eigenvalue weighted by Gasteiger charge is 2.65. The fraction of sp³-hybridized carbons (Fsp3) is 0.929. The first-order chi connectivity index (χ1) is 9.14. The van der Waals surface area contributed by atoms with Gasteiger partial charge in [-0.05, 0) is 31.1 Å². The minimum atomic E-state index is -3.49. The Labute approximate surface area is 121 Å². The van der Waals surface area contributed by atoms with Crippen LogP contribution in [-0.2, 0) is 19.6 Å². The summed E-state index contributed by atoms with van der Waals surface area (Å²) < 4.78 is 32.3. The van der Waals surface area contributed by atoms with Gasteiger partial charge in [0.1, 0.15) is 5.78 Å². The first-order valence-corrected chi connectivity index (χ1v) is 8.82. The first-order valence-electron chi connectivity index (χ1n) is 7.17. The number of hydrogen-bond acceptors (Lipinski definition) is 4. The molecule has 2 saturated carbocycles. The van der Waals surface area contributed by atoms with Crippen molar-refractivity contribution in [1.82, 2.24) is 4.72 Å². The van der Waals surface area contributed by atoms with Gasteiger partial charge in [-0.2, -0.15) is 0 Å². The summed E-state index contributed by atoms with van der Waals surface area (Å²) in [6, 6.07) is -0.279. The predicted octanol–water partition coefficient (Wildman–Crippen LogP) is 1.34. The van der Waals surface area contributed by atoms with Gasteiger partial charge in [0.2, 0.25) is 10.0 Å². The number of nitrogens with one attached hydrogen (secondary N) is 1. The zero-order chi connectivity index (χ0) is 15.2. The van der Waals surface area contributed by atoms with Gasteiger partial charge < -0.3 is 4.74 Å². The zero-order valence-electron chi connectivity index (χ0n) is 12.7. The summed E-state index contributed by atoms with van der Waals surface area (Å²) in [6.45, 7) is 6.18. The largest absolute Gasteiger partial charge is 0.383 e. The molecule has 2 rings (SSSR count). The van der Waals surface area contributed by atoms with Crippen LogP contribution in [0.25, 0.3) is 0 Å². The van der Waals surface area contributed by atoms with Crippen molar-refractivity contribution < 1.29 is 17.9 Å². The van der Waals surface area contributed by atoms with Gasteiger partial charge in [-0.15, -0.1) is 0 Å². The number of carbonyl (C=O) groups excluding carboxylic acids is 1. The standard InChI is InChI=1S/C14H25NO4S/c1-10(8-19-4)15-20(17,18)9-14-6-5-11(7-12(14)16)13(14,2)3/h10-11,15H,5-9H2,1-4H3. The number of Topliss-reactive ketones (excluding diaryl/α,β-unsaturated/α-hetero) is 1. The summed E-state index contributed by atoms with van der Waals surface area (Å²) >= 11 is 0. The lowest BCUT2D eigenvalue weighted by Crippen LogP contribution is -2.47. The molecular formula is C14H25NO4S. The van der Waals surface area contributed by atoms with Crippen molar-refractivity contribution in [3.05, 3.63) is 0 Å². The summed E-state index contributed by atoms with van der Waals surface area (Å²) in [5.41, 5.74) is -0.917. The molecule has 0 heterocycles. The molecule has 2 aliphatic rings. The van der Waals surface area contributed by atoms with Crippen molar-refractivity contribution in [3.63, 3.8) is 0 Å². The molecular weight excluding hydrogens is 278 g/mol. The molecule has 0 amide bonds. The highest BCUT2D eigenvalue weighted by atomic mass is 32.2. The van der Waals surface area contributed by atoms with Crippen molar-refractivity contribution in [2.24, 2.45) is 16.7 Å². The Kier molecular flexibility index (Phi) is 4.04. The molecule has 116 valence electrons. The van der Waals surface area contributed by atoms with Gasteiger partial charge in [-0.25, -0.2) is 13.1 Å². The van der Waals surface area contributed by atoms with Crippen molar-refractivity contribution in [1.29, 1.82) is 0 Å². The third-order valence-electron chi connectivity index (χ3n) is 5.37. The number of rotatable bonds is 6. The van der Waals surface area contributed by atoms with E-state index in [4.69, 9.17) is 4.74 Å². The minimum Gasteiger partial charge on any atom is -0.383 e. The number of sulfonamides is 1. The van der Waals surface area contributed by atoms with Crippen LogP contribution in [0, 0.1) is 16.7 Å². The van der Waals surface area contributed by atoms with Crippen LogP contribution >= 0.6 is 0 Å². The highest BCUT2D eigenvalue weighted by Crippen LogP contribution is 2.64. The Hall–Kier alpha value is -0.460. The Morgan fingerprint density at radius 1 is 1.45 bits per heavy atom. The van der Waals surface area contributed by atoms with Crippen molar-refractivity contribution in [2.75, 3.05) is 19.5 Å². The van der Waals surface area contributed by atoms with E-state index in [0.29, 0.717) is 25.4 Å². The van der Waals surface area contributed by atoms with Crippen molar-refractivity contribution >= 4 is 15.8 Å². The summed E-state index contributed by atoms with van der Waals surface area (Å²) in [5, 5.41) is 0. The molecule has 0 radical (unpaired) electrons. The van der Waals surface area contributed by atoms with Crippen molar-refractivity contribution in [3.8, 4) is 0 Å². The molecule has 3 unspecified atom stereocenters. The Morgan fingerprint density at radius 3 is 2.55 bits per heavy atom. The van der Waals surface area contributed by atoms with Crippen LogP contribution in [-0.4, -0.2) is 39.7 Å². The van der Waals surface area contributed by atoms with Crippen LogP contribution in [0.15, 0.2) is 0 Å². The molecule has 0 aromatic carbocycles. The number of ketones is 1. The van der Waals surface area contributed by atoms with Crippen molar-refractivity contribution in [2.45, 2.75) is 46.1 Å². The molecule has 20 heavy (non-hydrogen) atoms. The van der Waals surface area contributed by atoms with E-state index in [9.17, 15) is 13.2 Å². The first kappa shape index (κ1) is 15.9. The van der Waals surface area contributed by atoms with E-state index in [1.54, 1.807) is 6.92 Å². The van der Waals surface area contributed by atoms with E-state index >= 15 is 0 Å². The third kappa shape index (κ3) is 2.42. The third-order valence-corrected chi connectivity index (χ3v) is 7.01. The van der Waals surface area contributed by atoms with Crippen LogP contribution < -0.4 is 4.72 Å². The van der Waals surface area contributed by atoms with Gasteiger partial charge in [0, 0.05) is 25.0 Å². The van der Waals surface area contributed by atoms with E-state index in [1.165, 1.54) is 7.11 Å². The quantitative estimate of drug-likeness (QED) is 0.803. The molecule has 0 aromatic rings. The Balaban J connectivity index is 2.18. The normalized spacial score (nSPS) is 33.6. The van der Waals surface area contributed by atoms with Gasteiger partial charge in [0.15, 0.2) is 0 Å². The average Bonchev–Trinajstić information content (AvgIpc) is 2.61. The van der Waals surface area contributed by atoms with E-state index in [0.717, 1.165) is 6.42 Å². The maximum absolute atomic E-state index is 12.4. The molecule has 3 atom stereocenters. The zero-order valence-corrected chi connectivity index (χ0v) is 13.5. The van der Waals surface area contributed by atoms with Crippen LogP contribution in [0.2, 0.25) is 0 Å². The SMILES string of the molecule is COCC(C)NS(=O)(=O)CC12CCC(CC1=O)C2(C)C. The summed E-state index contributed by atoms with van der Waals surface area (Å²) in [4.78, 5) is 12.3. The number of hydrogen-bond donors (Lipinski definition) is 1. The Morgan fingerprint density at radius 2 is 2.10 bits per heavy atom. The average molecular weight is 303 g/mol. The molecule has 0 aliphatic heterocycles. The van der Waals surface area contributed by atoms with Crippen LogP contribution in [0.3, 0.4) is 0 Å². The molecule has 6 heteroatoms. The molecule has 2 fully saturated rings. The van der Waals surface area contributed by atoms with Crippen LogP contribution in [0.1, 0.15) is 40.0 Å². The topological polar surface area (TPSA) is 72.5 Å². The lowest BCUT2D eigenvalue weighted by molar-refractivity contribution is -0.128. The fourth-order valence-electron chi connectivity index (χ4n) is 4.06. The summed E-state index contributed by atoms with van der Waals surface area (Å²) in [7, 11) is -1.95. The number of carbonyl (C=O) groups is 1. The molecule has 2 aliphatic carbocycles. The van der Waals surface area contributed by atoms with Gasteiger partial charge in [-0.1, -0.05) is 13.8 Å². The summed E-state index contributed by atoms with van der Waals surface area (Å²) in [6.07, 6.45) is 2.20. The number of methoxy groups -OCH3 is 1. The molecule has 0 spiro atoms. The number of ether oxygens (including phenoxy) is 1. The van der Waals surface area contributed by atoms with Gasteiger partial charge >= 0.3 is 0 Å². The number of fused-ring (bicyclic) bond motifs is 2. The monoisotopic (exact) mass is 303 g/mol. The van der Waals surface area contributed by atoms with Crippen LogP contribution in [0.5, 0.6) is 0 Å². The lowest BCUT2D eigenvalue weighted by atomic mass is 9.70. The van der Waals surface area contributed by atoms with E-state index in [-0.39, 0.29) is 23.0 Å². The fourth-order valence-corrected chi connectivity index (χ4v) is 6.16. The Bertz CT molecular complexity index is 499. The molecule has 0 aromatic heterocycles. The van der Waals surface area contributed by atoms with E-state index in [2.05, 4.69) is 4.72 Å². The predicted molar refractivity (Wildman–Crippen MR) is 76.8 cm³/mol. The van der Waals surface area contributed by atoms with E-state index < -0.39 is 15.4 Å². The maximum atomic E-state index is 12.4. The second-order valence-corrected chi connectivity index (χ2v) is 8.65. The van der Waals surface area contributed by atoms with Gasteiger partial charge in [-0.3, -0.25) is 4.79 Å². The second kappa shape index (κ2) is 5.07. The smallest absolute Gasteiger partial charge is 0.212 e. The van der Waals surface area contributed by atoms with Gasteiger partial charge in [0.25, 0.3) is 0 Å². The van der Waals surface area contributed by atoms with Gasteiger partial charge in [0.05, 0.1) is 12.4 Å². The molecule has 1 N–H and O–H groups in total. The maximum Gasteiger partial charge on any atom is 0.212 e. The highest BCUT2D eigenvalue weighted by molar-refractivity contribution is 7.89. The van der Waals surface area contributed by atoms with Crippen LogP contribution in [0.4, 0.5) is 0 Å².